The van der Waals surface area contributed by atoms with Gasteiger partial charge < -0.3 is 19.7 Å². The predicted molar refractivity (Wildman–Crippen MR) is 56.2 cm³/mol. The Morgan fingerprint density at radius 2 is 2.39 bits per heavy atom. The van der Waals surface area contributed by atoms with Gasteiger partial charge in [0.15, 0.2) is 5.82 Å². The molecule has 0 spiro atoms. The van der Waals surface area contributed by atoms with Crippen molar-refractivity contribution >= 4 is 0 Å². The SMILES string of the molecule is O[C@@H]1CN[C@@H](c2nc(CCOCC(F)F)no2)C1. The molecule has 0 bridgehead atoms. The number of rotatable bonds is 6. The summed E-state index contributed by atoms with van der Waals surface area (Å²) in [6.45, 7) is 0.0466. The van der Waals surface area contributed by atoms with Crippen molar-refractivity contribution in [3.63, 3.8) is 0 Å². The summed E-state index contributed by atoms with van der Waals surface area (Å²) in [7, 11) is 0. The van der Waals surface area contributed by atoms with Crippen LogP contribution in [0.4, 0.5) is 8.78 Å². The maximum atomic E-state index is 11.8. The second-order valence-electron chi connectivity index (χ2n) is 4.12. The number of nitrogens with one attached hydrogen (secondary N) is 1. The normalized spacial score (nSPS) is 24.0. The Kier molecular flexibility index (Phi) is 4.56. The number of nitrogens with zero attached hydrogens (tertiary/aromatic N) is 2. The Morgan fingerprint density at radius 1 is 1.56 bits per heavy atom. The molecule has 6 nitrogen and oxygen atoms in total. The zero-order valence-corrected chi connectivity index (χ0v) is 9.68. The molecule has 102 valence electrons. The smallest absolute Gasteiger partial charge is 0.261 e. The number of β-amino-alcohol motifs (C(OH)–C–C–N with tert-alkyl or cyclic N) is 1. The Bertz CT molecular complexity index is 375. The van der Waals surface area contributed by atoms with E-state index < -0.39 is 19.1 Å². The lowest BCUT2D eigenvalue weighted by Crippen LogP contribution is -2.15. The Balaban J connectivity index is 1.76. The first-order valence-corrected chi connectivity index (χ1v) is 5.75. The monoisotopic (exact) mass is 263 g/mol. The molecule has 0 unspecified atom stereocenters. The van der Waals surface area contributed by atoms with Gasteiger partial charge in [-0.25, -0.2) is 8.78 Å². The second-order valence-corrected chi connectivity index (χ2v) is 4.12. The van der Waals surface area contributed by atoms with E-state index in [9.17, 15) is 13.9 Å². The molecule has 0 saturated carbocycles. The number of aliphatic hydroxyl groups excluding tert-OH is 1. The minimum atomic E-state index is -2.46. The zero-order valence-electron chi connectivity index (χ0n) is 9.68. The Labute approximate surface area is 102 Å². The van der Waals surface area contributed by atoms with E-state index in [2.05, 4.69) is 15.5 Å². The molecule has 2 heterocycles. The van der Waals surface area contributed by atoms with Crippen molar-refractivity contribution in [1.29, 1.82) is 0 Å². The van der Waals surface area contributed by atoms with Gasteiger partial charge in [0.1, 0.15) is 6.61 Å². The van der Waals surface area contributed by atoms with Gasteiger partial charge in [-0.3, -0.25) is 0 Å². The second kappa shape index (κ2) is 6.17. The minimum absolute atomic E-state index is 0.129. The number of alkyl halides is 2. The highest BCUT2D eigenvalue weighted by Gasteiger charge is 2.27. The lowest BCUT2D eigenvalue weighted by molar-refractivity contribution is 0.0182. The molecule has 0 aromatic carbocycles. The van der Waals surface area contributed by atoms with Crippen LogP contribution in [0.5, 0.6) is 0 Å². The van der Waals surface area contributed by atoms with Crippen molar-refractivity contribution in [2.75, 3.05) is 19.8 Å². The zero-order chi connectivity index (χ0) is 13.0. The van der Waals surface area contributed by atoms with E-state index in [0.717, 1.165) is 0 Å². The van der Waals surface area contributed by atoms with Crippen molar-refractivity contribution < 1.29 is 23.1 Å². The van der Waals surface area contributed by atoms with Crippen LogP contribution in [0.2, 0.25) is 0 Å². The van der Waals surface area contributed by atoms with Gasteiger partial charge in [0, 0.05) is 13.0 Å². The molecule has 1 aliphatic heterocycles. The summed E-state index contributed by atoms with van der Waals surface area (Å²) in [6.07, 6.45) is -2.01. The third-order valence-electron chi connectivity index (χ3n) is 2.60. The third kappa shape index (κ3) is 3.69. The third-order valence-corrected chi connectivity index (χ3v) is 2.60. The van der Waals surface area contributed by atoms with E-state index >= 15 is 0 Å². The van der Waals surface area contributed by atoms with Crippen LogP contribution in [-0.4, -0.2) is 47.5 Å². The summed E-state index contributed by atoms with van der Waals surface area (Å²) in [5.41, 5.74) is 0. The number of aromatic nitrogens is 2. The number of hydrogen-bond acceptors (Lipinski definition) is 6. The lowest BCUT2D eigenvalue weighted by Gasteiger charge is -2.01. The van der Waals surface area contributed by atoms with Crippen LogP contribution in [0, 0.1) is 0 Å². The number of hydrogen-bond donors (Lipinski definition) is 2. The van der Waals surface area contributed by atoms with Crippen molar-refractivity contribution in [2.24, 2.45) is 0 Å². The fraction of sp³-hybridized carbons (Fsp3) is 0.800. The highest BCUT2D eigenvalue weighted by molar-refractivity contribution is 4.97. The molecular formula is C10H15F2N3O3. The maximum Gasteiger partial charge on any atom is 0.261 e. The molecule has 1 fully saturated rings. The molecule has 2 atom stereocenters. The Hall–Kier alpha value is -1.12. The molecule has 0 aliphatic carbocycles. The minimum Gasteiger partial charge on any atom is -0.392 e. The van der Waals surface area contributed by atoms with E-state index in [0.29, 0.717) is 31.1 Å². The molecule has 0 radical (unpaired) electrons. The average Bonchev–Trinajstić information content (AvgIpc) is 2.93. The van der Waals surface area contributed by atoms with Gasteiger partial charge in [-0.2, -0.15) is 4.98 Å². The largest absolute Gasteiger partial charge is 0.392 e. The molecule has 1 aliphatic rings. The highest BCUT2D eigenvalue weighted by atomic mass is 19.3. The molecule has 0 amide bonds. The molecule has 2 N–H and O–H groups in total. The van der Waals surface area contributed by atoms with Crippen molar-refractivity contribution in [3.05, 3.63) is 11.7 Å². The fourth-order valence-electron chi connectivity index (χ4n) is 1.75. The summed E-state index contributed by atoms with van der Waals surface area (Å²) in [5, 5.41) is 16.1. The van der Waals surface area contributed by atoms with Crippen molar-refractivity contribution in [1.82, 2.24) is 15.5 Å². The van der Waals surface area contributed by atoms with E-state index in [1.54, 1.807) is 0 Å². The predicted octanol–water partition coefficient (Wildman–Crippen LogP) is 0.289. The van der Waals surface area contributed by atoms with Crippen LogP contribution in [-0.2, 0) is 11.2 Å². The first-order chi connectivity index (χ1) is 8.65. The van der Waals surface area contributed by atoms with Crippen LogP contribution >= 0.6 is 0 Å². The summed E-state index contributed by atoms with van der Waals surface area (Å²) >= 11 is 0. The topological polar surface area (TPSA) is 80.4 Å². The van der Waals surface area contributed by atoms with E-state index in [4.69, 9.17) is 9.26 Å². The van der Waals surface area contributed by atoms with Gasteiger partial charge in [-0.15, -0.1) is 0 Å². The number of aliphatic hydroxyl groups is 1. The number of halogens is 2. The van der Waals surface area contributed by atoms with Crippen molar-refractivity contribution in [3.8, 4) is 0 Å². The molecule has 8 heteroatoms. The summed E-state index contributed by atoms with van der Waals surface area (Å²) in [5.74, 6) is 0.831. The van der Waals surface area contributed by atoms with Crippen LogP contribution in [0.15, 0.2) is 4.52 Å². The van der Waals surface area contributed by atoms with E-state index in [-0.39, 0.29) is 12.6 Å². The van der Waals surface area contributed by atoms with Crippen LogP contribution in [0.1, 0.15) is 24.2 Å². The average molecular weight is 263 g/mol. The quantitative estimate of drug-likeness (QED) is 0.718. The molecule has 18 heavy (non-hydrogen) atoms. The fourth-order valence-corrected chi connectivity index (χ4v) is 1.75. The standard InChI is InChI=1S/C10H15F2N3O3/c11-8(12)5-17-2-1-9-14-10(18-15-9)7-3-6(16)4-13-7/h6-8,13,16H,1-5H2/t6-,7+/m0/s1. The van der Waals surface area contributed by atoms with Gasteiger partial charge in [0.05, 0.1) is 18.8 Å². The van der Waals surface area contributed by atoms with Crippen LogP contribution < -0.4 is 5.32 Å². The van der Waals surface area contributed by atoms with Gasteiger partial charge >= 0.3 is 0 Å². The first-order valence-electron chi connectivity index (χ1n) is 5.75. The van der Waals surface area contributed by atoms with E-state index in [1.165, 1.54) is 0 Å². The molecule has 1 aromatic rings. The summed E-state index contributed by atoms with van der Waals surface area (Å²) in [4.78, 5) is 4.12. The maximum absolute atomic E-state index is 11.8. The van der Waals surface area contributed by atoms with Crippen LogP contribution in [0.3, 0.4) is 0 Å². The van der Waals surface area contributed by atoms with Crippen LogP contribution in [0.25, 0.3) is 0 Å². The summed E-state index contributed by atoms with van der Waals surface area (Å²) in [6, 6.07) is -0.136. The van der Waals surface area contributed by atoms with Gasteiger partial charge in [-0.1, -0.05) is 5.16 Å². The molecular weight excluding hydrogens is 248 g/mol. The Morgan fingerprint density at radius 3 is 3.06 bits per heavy atom. The number of ether oxygens (including phenoxy) is 1. The highest BCUT2D eigenvalue weighted by Crippen LogP contribution is 2.21. The van der Waals surface area contributed by atoms with Crippen molar-refractivity contribution in [2.45, 2.75) is 31.4 Å². The van der Waals surface area contributed by atoms with Gasteiger partial charge in [0.2, 0.25) is 5.89 Å². The first kappa shape index (κ1) is 13.3. The molecule has 1 saturated heterocycles. The van der Waals surface area contributed by atoms with Gasteiger partial charge in [0.25, 0.3) is 6.43 Å². The molecule has 2 rings (SSSR count). The van der Waals surface area contributed by atoms with Gasteiger partial charge in [-0.05, 0) is 6.42 Å². The van der Waals surface area contributed by atoms with E-state index in [1.807, 2.05) is 0 Å². The summed E-state index contributed by atoms with van der Waals surface area (Å²) < 4.78 is 33.4. The molecule has 1 aromatic heterocycles. The lowest BCUT2D eigenvalue weighted by atomic mass is 10.2.